The van der Waals surface area contributed by atoms with Crippen molar-refractivity contribution in [1.29, 1.82) is 0 Å². The van der Waals surface area contributed by atoms with Crippen LogP contribution in [-0.2, 0) is 16.6 Å². The van der Waals surface area contributed by atoms with Crippen LogP contribution in [0.25, 0.3) is 11.3 Å². The third-order valence-corrected chi connectivity index (χ3v) is 6.01. The van der Waals surface area contributed by atoms with Crippen LogP contribution in [-0.4, -0.2) is 40.1 Å². The van der Waals surface area contributed by atoms with E-state index in [1.165, 1.54) is 22.9 Å². The highest BCUT2D eigenvalue weighted by Gasteiger charge is 2.30. The zero-order chi connectivity index (χ0) is 22.9. The summed E-state index contributed by atoms with van der Waals surface area (Å²) >= 11 is 0. The van der Waals surface area contributed by atoms with Crippen molar-refractivity contribution in [2.24, 2.45) is 13.0 Å². The van der Waals surface area contributed by atoms with Gasteiger partial charge in [0.2, 0.25) is 11.9 Å². The Balaban J connectivity index is 1.37. The molecule has 3 heterocycles. The Labute approximate surface area is 190 Å². The number of carbonyl (C=O) groups excluding carboxylic acids is 1. The van der Waals surface area contributed by atoms with Gasteiger partial charge in [-0.2, -0.15) is 0 Å². The van der Waals surface area contributed by atoms with Gasteiger partial charge in [0.1, 0.15) is 6.10 Å². The molecular weight excluding hydrogens is 425 g/mol. The lowest BCUT2D eigenvalue weighted by Gasteiger charge is -2.34. The van der Waals surface area contributed by atoms with Gasteiger partial charge < -0.3 is 15.0 Å². The summed E-state index contributed by atoms with van der Waals surface area (Å²) in [6, 6.07) is 10.5. The maximum Gasteiger partial charge on any atom is 0.255 e. The van der Waals surface area contributed by atoms with Crippen molar-refractivity contribution >= 4 is 17.5 Å². The van der Waals surface area contributed by atoms with Gasteiger partial charge in [0.05, 0.1) is 25.0 Å². The van der Waals surface area contributed by atoms with E-state index in [1.54, 1.807) is 7.05 Å². The normalized spacial score (nSPS) is 18.2. The van der Waals surface area contributed by atoms with Crippen molar-refractivity contribution in [3.63, 3.8) is 0 Å². The van der Waals surface area contributed by atoms with Crippen molar-refractivity contribution < 1.29 is 13.9 Å². The number of anilines is 2. The fraction of sp³-hybridized carbons (Fsp3) is 0.333. The Morgan fingerprint density at radius 3 is 2.73 bits per heavy atom. The van der Waals surface area contributed by atoms with Crippen LogP contribution in [0.1, 0.15) is 24.5 Å². The van der Waals surface area contributed by atoms with Crippen LogP contribution in [0.2, 0.25) is 0 Å². The summed E-state index contributed by atoms with van der Waals surface area (Å²) in [5.74, 6) is 0.143. The molecule has 1 amide bonds. The second-order valence-corrected chi connectivity index (χ2v) is 8.39. The molecule has 1 saturated heterocycles. The van der Waals surface area contributed by atoms with E-state index in [-0.39, 0.29) is 34.7 Å². The molecule has 1 aliphatic carbocycles. The molecule has 5 rings (SSSR count). The molecule has 2 aliphatic rings. The lowest BCUT2D eigenvalue weighted by molar-refractivity contribution is -0.117. The summed E-state index contributed by atoms with van der Waals surface area (Å²) in [4.78, 5) is 34.9. The second-order valence-electron chi connectivity index (χ2n) is 8.39. The molecule has 1 saturated carbocycles. The first-order chi connectivity index (χ1) is 16.0. The highest BCUT2D eigenvalue weighted by Crippen LogP contribution is 2.31. The highest BCUT2D eigenvalue weighted by atomic mass is 19.1. The van der Waals surface area contributed by atoms with Gasteiger partial charge in [-0.15, -0.1) is 0 Å². The molecule has 9 heteroatoms. The van der Waals surface area contributed by atoms with Gasteiger partial charge in [-0.25, -0.2) is 9.37 Å². The van der Waals surface area contributed by atoms with Gasteiger partial charge in [-0.3, -0.25) is 19.1 Å². The molecule has 3 aromatic rings. The number of pyridine rings is 1. The zero-order valence-electron chi connectivity index (χ0n) is 18.2. The van der Waals surface area contributed by atoms with Crippen molar-refractivity contribution in [3.05, 3.63) is 70.5 Å². The first kappa shape index (κ1) is 21.3. The van der Waals surface area contributed by atoms with Gasteiger partial charge in [0.25, 0.3) is 5.56 Å². The molecule has 0 radical (unpaired) electrons. The molecule has 1 aromatic carbocycles. The van der Waals surface area contributed by atoms with Crippen LogP contribution in [0.5, 0.6) is 0 Å². The first-order valence-corrected chi connectivity index (χ1v) is 10.9. The van der Waals surface area contributed by atoms with Crippen LogP contribution in [0, 0.1) is 11.7 Å². The van der Waals surface area contributed by atoms with E-state index in [0.29, 0.717) is 25.6 Å². The van der Waals surface area contributed by atoms with Crippen molar-refractivity contribution in [3.8, 4) is 11.3 Å². The van der Waals surface area contributed by atoms with E-state index in [4.69, 9.17) is 4.74 Å². The largest absolute Gasteiger partial charge is 0.370 e. The number of hydrogen-bond donors (Lipinski definition) is 1. The third-order valence-electron chi connectivity index (χ3n) is 6.01. The molecule has 0 bridgehead atoms. The lowest BCUT2D eigenvalue weighted by atomic mass is 10.1. The standard InChI is InChI=1S/C24H24FN5O3/c1-29-22(31)12-20(18-8-9-26-13-19(18)25)28-24(29)30-10-11-33-21(14-30)15-4-6-17(7-5-15)27-23(32)16-2-3-16/h4-9,12-13,16,21H,2-3,10-11,14H2,1H3,(H,27,32)/t21-/m1/s1. The number of halogens is 1. The number of hydrogen-bond acceptors (Lipinski definition) is 6. The predicted octanol–water partition coefficient (Wildman–Crippen LogP) is 2.91. The molecule has 2 fully saturated rings. The monoisotopic (exact) mass is 449 g/mol. The van der Waals surface area contributed by atoms with E-state index in [9.17, 15) is 14.0 Å². The number of rotatable bonds is 5. The minimum Gasteiger partial charge on any atom is -0.370 e. The Hall–Kier alpha value is -3.59. The van der Waals surface area contributed by atoms with E-state index < -0.39 is 5.82 Å². The van der Waals surface area contributed by atoms with Crippen molar-refractivity contribution in [2.45, 2.75) is 18.9 Å². The topological polar surface area (TPSA) is 89.3 Å². The number of nitrogens with zero attached hydrogens (tertiary/aromatic N) is 4. The molecule has 33 heavy (non-hydrogen) atoms. The molecule has 170 valence electrons. The number of morpholine rings is 1. The van der Waals surface area contributed by atoms with Crippen LogP contribution >= 0.6 is 0 Å². The molecule has 0 spiro atoms. The number of ether oxygens (including phenoxy) is 1. The van der Waals surface area contributed by atoms with Gasteiger partial charge in [0, 0.05) is 43.0 Å². The van der Waals surface area contributed by atoms with E-state index in [2.05, 4.69) is 15.3 Å². The molecular formula is C24H24FN5O3. The Kier molecular flexibility index (Phi) is 5.63. The number of nitrogens with one attached hydrogen (secondary N) is 1. The second kappa shape index (κ2) is 8.74. The van der Waals surface area contributed by atoms with Crippen LogP contribution in [0.15, 0.2) is 53.6 Å². The number of benzene rings is 1. The summed E-state index contributed by atoms with van der Waals surface area (Å²) < 4.78 is 21.7. The molecule has 0 unspecified atom stereocenters. The van der Waals surface area contributed by atoms with Crippen molar-refractivity contribution in [2.75, 3.05) is 29.9 Å². The van der Waals surface area contributed by atoms with Crippen LogP contribution in [0.4, 0.5) is 16.0 Å². The molecule has 1 N–H and O–H groups in total. The van der Waals surface area contributed by atoms with Crippen LogP contribution in [0.3, 0.4) is 0 Å². The van der Waals surface area contributed by atoms with Gasteiger partial charge in [-0.05, 0) is 36.6 Å². The van der Waals surface area contributed by atoms with Crippen molar-refractivity contribution in [1.82, 2.24) is 14.5 Å². The number of carbonyl (C=O) groups is 1. The summed E-state index contributed by atoms with van der Waals surface area (Å²) in [6.07, 6.45) is 4.27. The minimum atomic E-state index is -0.530. The Morgan fingerprint density at radius 2 is 2.00 bits per heavy atom. The summed E-state index contributed by atoms with van der Waals surface area (Å²) in [7, 11) is 1.65. The minimum absolute atomic E-state index is 0.0698. The van der Waals surface area contributed by atoms with E-state index in [1.807, 2.05) is 29.2 Å². The fourth-order valence-electron chi connectivity index (χ4n) is 3.93. The third kappa shape index (κ3) is 4.49. The summed E-state index contributed by atoms with van der Waals surface area (Å²) in [5, 5.41) is 2.94. The average Bonchev–Trinajstić information content (AvgIpc) is 3.67. The molecule has 1 atom stereocenters. The van der Waals surface area contributed by atoms with Gasteiger partial charge in [-0.1, -0.05) is 12.1 Å². The van der Waals surface area contributed by atoms with E-state index >= 15 is 0 Å². The smallest absolute Gasteiger partial charge is 0.255 e. The first-order valence-electron chi connectivity index (χ1n) is 10.9. The van der Waals surface area contributed by atoms with Crippen LogP contribution < -0.4 is 15.8 Å². The molecule has 1 aliphatic heterocycles. The quantitative estimate of drug-likeness (QED) is 0.644. The number of amides is 1. The van der Waals surface area contributed by atoms with E-state index in [0.717, 1.165) is 30.3 Å². The van der Waals surface area contributed by atoms with Gasteiger partial charge in [0.15, 0.2) is 5.82 Å². The maximum absolute atomic E-state index is 14.3. The van der Waals surface area contributed by atoms with Gasteiger partial charge >= 0.3 is 0 Å². The number of aromatic nitrogens is 3. The fourth-order valence-corrected chi connectivity index (χ4v) is 3.93. The Morgan fingerprint density at radius 1 is 1.21 bits per heavy atom. The predicted molar refractivity (Wildman–Crippen MR) is 121 cm³/mol. The SMILES string of the molecule is Cn1c(N2CCO[C@@H](c3ccc(NC(=O)C4CC4)cc3)C2)nc(-c2ccncc2F)cc1=O. The Bertz CT molecular complexity index is 1240. The summed E-state index contributed by atoms with van der Waals surface area (Å²) in [5.41, 5.74) is 1.96. The molecule has 8 nitrogen and oxygen atoms in total. The zero-order valence-corrected chi connectivity index (χ0v) is 18.2. The summed E-state index contributed by atoms with van der Waals surface area (Å²) in [6.45, 7) is 1.49. The highest BCUT2D eigenvalue weighted by molar-refractivity contribution is 5.94. The lowest BCUT2D eigenvalue weighted by Crippen LogP contribution is -2.41. The average molecular weight is 449 g/mol. The maximum atomic E-state index is 14.3. The molecule has 2 aromatic heterocycles.